The van der Waals surface area contributed by atoms with E-state index < -0.39 is 0 Å². The van der Waals surface area contributed by atoms with Gasteiger partial charge in [-0.3, -0.25) is 0 Å². The van der Waals surface area contributed by atoms with Crippen molar-refractivity contribution in [3.63, 3.8) is 0 Å². The van der Waals surface area contributed by atoms with E-state index in [9.17, 15) is 0 Å². The Morgan fingerprint density at radius 3 is 2.25 bits per heavy atom. The molecule has 0 radical (unpaired) electrons. The van der Waals surface area contributed by atoms with Crippen LogP contribution in [-0.4, -0.2) is 20.8 Å². The SMILES string of the molecule is COc1cc(C)c(NCC2CCC(C)CC2)cc1OC. The van der Waals surface area contributed by atoms with Gasteiger partial charge in [-0.05, 0) is 43.2 Å². The van der Waals surface area contributed by atoms with Crippen molar-refractivity contribution in [1.82, 2.24) is 0 Å². The fourth-order valence-electron chi connectivity index (χ4n) is 2.96. The van der Waals surface area contributed by atoms with Crippen molar-refractivity contribution >= 4 is 5.69 Å². The van der Waals surface area contributed by atoms with Crippen LogP contribution in [0.4, 0.5) is 5.69 Å². The highest BCUT2D eigenvalue weighted by Gasteiger charge is 2.18. The molecule has 0 atom stereocenters. The number of anilines is 1. The van der Waals surface area contributed by atoms with Gasteiger partial charge in [0.25, 0.3) is 0 Å². The van der Waals surface area contributed by atoms with E-state index in [2.05, 4.69) is 19.2 Å². The molecule has 0 saturated heterocycles. The summed E-state index contributed by atoms with van der Waals surface area (Å²) < 4.78 is 10.7. The lowest BCUT2D eigenvalue weighted by Crippen LogP contribution is -2.20. The van der Waals surface area contributed by atoms with Gasteiger partial charge in [0.15, 0.2) is 11.5 Å². The van der Waals surface area contributed by atoms with Crippen LogP contribution in [0.2, 0.25) is 0 Å². The molecule has 1 aromatic rings. The van der Waals surface area contributed by atoms with Gasteiger partial charge in [0, 0.05) is 18.3 Å². The fourth-order valence-corrected chi connectivity index (χ4v) is 2.96. The molecule has 1 N–H and O–H groups in total. The van der Waals surface area contributed by atoms with E-state index in [1.54, 1.807) is 14.2 Å². The Bertz CT molecular complexity index is 437. The highest BCUT2D eigenvalue weighted by molar-refractivity contribution is 5.60. The van der Waals surface area contributed by atoms with Gasteiger partial charge in [-0.2, -0.15) is 0 Å². The first-order valence-corrected chi connectivity index (χ1v) is 7.60. The minimum Gasteiger partial charge on any atom is -0.493 e. The number of hydrogen-bond acceptors (Lipinski definition) is 3. The third-order valence-electron chi connectivity index (χ3n) is 4.45. The highest BCUT2D eigenvalue weighted by Crippen LogP contribution is 2.34. The molecule has 2 rings (SSSR count). The number of rotatable bonds is 5. The number of hydrogen-bond donors (Lipinski definition) is 1. The lowest BCUT2D eigenvalue weighted by Gasteiger charge is -2.27. The second-order valence-electron chi connectivity index (χ2n) is 6.03. The van der Waals surface area contributed by atoms with Crippen molar-refractivity contribution in [3.8, 4) is 11.5 Å². The largest absolute Gasteiger partial charge is 0.493 e. The van der Waals surface area contributed by atoms with Gasteiger partial charge < -0.3 is 14.8 Å². The molecule has 1 fully saturated rings. The van der Waals surface area contributed by atoms with Crippen molar-refractivity contribution in [2.45, 2.75) is 39.5 Å². The molecule has 3 nitrogen and oxygen atoms in total. The van der Waals surface area contributed by atoms with Crippen LogP contribution in [-0.2, 0) is 0 Å². The minimum absolute atomic E-state index is 0.790. The van der Waals surface area contributed by atoms with Gasteiger partial charge >= 0.3 is 0 Å². The van der Waals surface area contributed by atoms with Gasteiger partial charge in [-0.1, -0.05) is 19.8 Å². The van der Waals surface area contributed by atoms with Crippen LogP contribution in [0, 0.1) is 18.8 Å². The molecule has 1 aliphatic rings. The summed E-state index contributed by atoms with van der Waals surface area (Å²) in [5.74, 6) is 3.30. The topological polar surface area (TPSA) is 30.5 Å². The first-order valence-electron chi connectivity index (χ1n) is 7.60. The molecule has 1 aliphatic carbocycles. The Morgan fingerprint density at radius 1 is 1.05 bits per heavy atom. The molecular weight excluding hydrogens is 250 g/mol. The Labute approximate surface area is 122 Å². The van der Waals surface area contributed by atoms with E-state index in [1.807, 2.05) is 12.1 Å². The zero-order valence-electron chi connectivity index (χ0n) is 13.2. The molecule has 1 aromatic carbocycles. The van der Waals surface area contributed by atoms with Crippen LogP contribution >= 0.6 is 0 Å². The molecule has 0 heterocycles. The molecule has 0 spiro atoms. The summed E-state index contributed by atoms with van der Waals surface area (Å²) in [5, 5.41) is 3.59. The van der Waals surface area contributed by atoms with Crippen LogP contribution in [0.1, 0.15) is 38.2 Å². The summed E-state index contributed by atoms with van der Waals surface area (Å²) in [7, 11) is 3.35. The molecule has 112 valence electrons. The fraction of sp³-hybridized carbons (Fsp3) is 0.647. The van der Waals surface area contributed by atoms with Gasteiger partial charge in [-0.25, -0.2) is 0 Å². The number of nitrogens with one attached hydrogen (secondary N) is 1. The first kappa shape index (κ1) is 15.0. The zero-order valence-corrected chi connectivity index (χ0v) is 13.2. The van der Waals surface area contributed by atoms with Crippen LogP contribution < -0.4 is 14.8 Å². The quantitative estimate of drug-likeness (QED) is 0.872. The maximum atomic E-state index is 5.37. The van der Waals surface area contributed by atoms with Crippen molar-refractivity contribution in [2.24, 2.45) is 11.8 Å². The molecule has 0 amide bonds. The Kier molecular flexibility index (Phi) is 5.16. The standard InChI is InChI=1S/C17H27NO2/c1-12-5-7-14(8-6-12)11-18-15-10-17(20-4)16(19-3)9-13(15)2/h9-10,12,14,18H,5-8,11H2,1-4H3. The molecule has 20 heavy (non-hydrogen) atoms. The molecule has 1 saturated carbocycles. The van der Waals surface area contributed by atoms with Crippen LogP contribution in [0.5, 0.6) is 11.5 Å². The number of aryl methyl sites for hydroxylation is 1. The Balaban J connectivity index is 1.98. The second kappa shape index (κ2) is 6.87. The van der Waals surface area contributed by atoms with E-state index in [-0.39, 0.29) is 0 Å². The number of benzene rings is 1. The van der Waals surface area contributed by atoms with Gasteiger partial charge in [0.2, 0.25) is 0 Å². The van der Waals surface area contributed by atoms with E-state index in [0.29, 0.717) is 0 Å². The van der Waals surface area contributed by atoms with Crippen LogP contribution in [0.15, 0.2) is 12.1 Å². The highest BCUT2D eigenvalue weighted by atomic mass is 16.5. The summed E-state index contributed by atoms with van der Waals surface area (Å²) in [5.41, 5.74) is 2.35. The predicted octanol–water partition coefficient (Wildman–Crippen LogP) is 4.25. The minimum atomic E-state index is 0.790. The Hall–Kier alpha value is -1.38. The molecule has 0 bridgehead atoms. The van der Waals surface area contributed by atoms with Crippen molar-refractivity contribution in [2.75, 3.05) is 26.1 Å². The van der Waals surface area contributed by atoms with E-state index in [1.165, 1.54) is 31.2 Å². The van der Waals surface area contributed by atoms with Gasteiger partial charge in [0.05, 0.1) is 14.2 Å². The molecule has 0 unspecified atom stereocenters. The number of methoxy groups -OCH3 is 2. The molecule has 0 aromatic heterocycles. The maximum Gasteiger partial charge on any atom is 0.162 e. The third-order valence-corrected chi connectivity index (χ3v) is 4.45. The average Bonchev–Trinajstić information content (AvgIpc) is 2.47. The van der Waals surface area contributed by atoms with E-state index >= 15 is 0 Å². The summed E-state index contributed by atoms with van der Waals surface area (Å²) in [4.78, 5) is 0. The van der Waals surface area contributed by atoms with Crippen molar-refractivity contribution in [3.05, 3.63) is 17.7 Å². The Morgan fingerprint density at radius 2 is 1.65 bits per heavy atom. The zero-order chi connectivity index (χ0) is 14.5. The lowest BCUT2D eigenvalue weighted by atomic mass is 9.83. The molecule has 0 aliphatic heterocycles. The monoisotopic (exact) mass is 277 g/mol. The summed E-state index contributed by atoms with van der Waals surface area (Å²) in [6.45, 7) is 5.53. The maximum absolute atomic E-state index is 5.37. The predicted molar refractivity (Wildman–Crippen MR) is 83.9 cm³/mol. The van der Waals surface area contributed by atoms with Gasteiger partial charge in [0.1, 0.15) is 0 Å². The third kappa shape index (κ3) is 3.59. The normalized spacial score (nSPS) is 22.4. The summed E-state index contributed by atoms with van der Waals surface area (Å²) >= 11 is 0. The first-order chi connectivity index (χ1) is 9.63. The average molecular weight is 277 g/mol. The van der Waals surface area contributed by atoms with Crippen molar-refractivity contribution in [1.29, 1.82) is 0 Å². The lowest BCUT2D eigenvalue weighted by molar-refractivity contribution is 0.300. The van der Waals surface area contributed by atoms with Crippen LogP contribution in [0.25, 0.3) is 0 Å². The summed E-state index contributed by atoms with van der Waals surface area (Å²) in [6.07, 6.45) is 5.44. The number of ether oxygens (including phenoxy) is 2. The van der Waals surface area contributed by atoms with E-state index in [0.717, 1.165) is 35.6 Å². The van der Waals surface area contributed by atoms with Crippen molar-refractivity contribution < 1.29 is 9.47 Å². The van der Waals surface area contributed by atoms with Crippen LogP contribution in [0.3, 0.4) is 0 Å². The second-order valence-corrected chi connectivity index (χ2v) is 6.03. The van der Waals surface area contributed by atoms with E-state index in [4.69, 9.17) is 9.47 Å². The smallest absolute Gasteiger partial charge is 0.162 e. The molecule has 3 heteroatoms. The molecular formula is C17H27NO2. The van der Waals surface area contributed by atoms with Gasteiger partial charge in [-0.15, -0.1) is 0 Å². The summed E-state index contributed by atoms with van der Waals surface area (Å²) in [6, 6.07) is 4.07.